The minimum atomic E-state index is -0.959. The molecule has 2 N–H and O–H groups in total. The molecule has 0 atom stereocenters. The van der Waals surface area contributed by atoms with E-state index in [1.54, 1.807) is 38.1 Å². The topological polar surface area (TPSA) is 82.0 Å². The van der Waals surface area contributed by atoms with Crippen LogP contribution >= 0.6 is 0 Å². The molecular formula is C20H29N3O2. The summed E-state index contributed by atoms with van der Waals surface area (Å²) in [5.41, 5.74) is -1.36. The van der Waals surface area contributed by atoms with Crippen molar-refractivity contribution in [2.45, 2.75) is 70.9 Å². The molecule has 0 aromatic heterocycles. The third-order valence-corrected chi connectivity index (χ3v) is 4.24. The summed E-state index contributed by atoms with van der Waals surface area (Å²) in [7, 11) is 0. The third kappa shape index (κ3) is 5.60. The first kappa shape index (κ1) is 20.7. The number of rotatable bonds is 4. The highest BCUT2D eigenvalue weighted by atomic mass is 16.2. The van der Waals surface area contributed by atoms with Gasteiger partial charge in [-0.05, 0) is 38.8 Å². The van der Waals surface area contributed by atoms with Gasteiger partial charge in [0.2, 0.25) is 5.91 Å². The highest BCUT2D eigenvalue weighted by molar-refractivity contribution is 5.99. The SMILES string of the molecule is CC.CC(C)(C#N)NC(=O)C1(NC(=O)c2ccccc2)CCCCC1. The van der Waals surface area contributed by atoms with Crippen molar-refractivity contribution >= 4 is 11.8 Å². The van der Waals surface area contributed by atoms with E-state index >= 15 is 0 Å². The van der Waals surface area contributed by atoms with Gasteiger partial charge in [0, 0.05) is 5.56 Å². The van der Waals surface area contributed by atoms with E-state index in [0.29, 0.717) is 18.4 Å². The van der Waals surface area contributed by atoms with E-state index in [1.807, 2.05) is 19.9 Å². The Balaban J connectivity index is 0.00000151. The number of carbonyl (C=O) groups is 2. The lowest BCUT2D eigenvalue weighted by atomic mass is 9.80. The number of amides is 2. The number of nitrogens with one attached hydrogen (secondary N) is 2. The second-order valence-corrected chi connectivity index (χ2v) is 6.65. The van der Waals surface area contributed by atoms with Crippen LogP contribution in [0.2, 0.25) is 0 Å². The zero-order valence-electron chi connectivity index (χ0n) is 15.7. The van der Waals surface area contributed by atoms with Crippen LogP contribution in [-0.4, -0.2) is 22.9 Å². The van der Waals surface area contributed by atoms with Gasteiger partial charge in [0.15, 0.2) is 0 Å². The number of nitriles is 1. The summed E-state index contributed by atoms with van der Waals surface area (Å²) in [6.45, 7) is 7.31. The van der Waals surface area contributed by atoms with Gasteiger partial charge in [0.25, 0.3) is 5.91 Å². The van der Waals surface area contributed by atoms with Gasteiger partial charge in [-0.2, -0.15) is 5.26 Å². The largest absolute Gasteiger partial charge is 0.338 e. The van der Waals surface area contributed by atoms with E-state index in [2.05, 4.69) is 16.7 Å². The monoisotopic (exact) mass is 343 g/mol. The second-order valence-electron chi connectivity index (χ2n) is 6.65. The first-order valence-corrected chi connectivity index (χ1v) is 9.00. The molecule has 1 fully saturated rings. The van der Waals surface area contributed by atoms with E-state index in [0.717, 1.165) is 19.3 Å². The molecule has 1 aromatic carbocycles. The van der Waals surface area contributed by atoms with Crippen molar-refractivity contribution in [1.29, 1.82) is 5.26 Å². The lowest BCUT2D eigenvalue weighted by Crippen LogP contribution is -2.62. The molecule has 0 radical (unpaired) electrons. The van der Waals surface area contributed by atoms with Gasteiger partial charge in [-0.1, -0.05) is 51.3 Å². The molecule has 1 aromatic rings. The smallest absolute Gasteiger partial charge is 0.252 e. The Bertz CT molecular complexity index is 612. The van der Waals surface area contributed by atoms with Crippen LogP contribution in [0.1, 0.15) is 70.2 Å². The van der Waals surface area contributed by atoms with Gasteiger partial charge < -0.3 is 10.6 Å². The van der Waals surface area contributed by atoms with Gasteiger partial charge in [-0.15, -0.1) is 0 Å². The Kier molecular flexibility index (Phi) is 7.63. The van der Waals surface area contributed by atoms with Crippen LogP contribution < -0.4 is 10.6 Å². The van der Waals surface area contributed by atoms with Crippen molar-refractivity contribution in [2.75, 3.05) is 0 Å². The van der Waals surface area contributed by atoms with Crippen molar-refractivity contribution in [2.24, 2.45) is 0 Å². The van der Waals surface area contributed by atoms with Crippen LogP contribution in [0.5, 0.6) is 0 Å². The molecule has 2 rings (SSSR count). The first-order valence-electron chi connectivity index (χ1n) is 9.00. The number of benzene rings is 1. The van der Waals surface area contributed by atoms with Crippen molar-refractivity contribution in [3.8, 4) is 6.07 Å². The molecule has 2 amide bonds. The maximum absolute atomic E-state index is 12.8. The molecule has 1 aliphatic carbocycles. The first-order chi connectivity index (χ1) is 11.9. The summed E-state index contributed by atoms with van der Waals surface area (Å²) in [6.07, 6.45) is 4.01. The van der Waals surface area contributed by atoms with Gasteiger partial charge in [-0.3, -0.25) is 9.59 Å². The van der Waals surface area contributed by atoms with E-state index in [1.165, 1.54) is 0 Å². The third-order valence-electron chi connectivity index (χ3n) is 4.24. The minimum absolute atomic E-state index is 0.252. The van der Waals surface area contributed by atoms with Gasteiger partial charge in [0.05, 0.1) is 6.07 Å². The normalized spacial score (nSPS) is 15.8. The van der Waals surface area contributed by atoms with Gasteiger partial charge in [-0.25, -0.2) is 0 Å². The molecule has 0 saturated heterocycles. The van der Waals surface area contributed by atoms with E-state index < -0.39 is 11.1 Å². The Morgan fingerprint density at radius 3 is 2.16 bits per heavy atom. The van der Waals surface area contributed by atoms with E-state index in [4.69, 9.17) is 5.26 Å². The average Bonchev–Trinajstić information content (AvgIpc) is 2.64. The minimum Gasteiger partial charge on any atom is -0.338 e. The fraction of sp³-hybridized carbons (Fsp3) is 0.550. The van der Waals surface area contributed by atoms with Gasteiger partial charge in [0.1, 0.15) is 11.1 Å². The number of hydrogen-bond donors (Lipinski definition) is 2. The fourth-order valence-electron chi connectivity index (χ4n) is 2.87. The maximum atomic E-state index is 12.8. The summed E-state index contributed by atoms with van der Waals surface area (Å²) in [4.78, 5) is 25.3. The standard InChI is InChI=1S/C18H23N3O2.C2H6/c1-17(2,13-19)21-16(23)18(11-7-4-8-12-18)20-15(22)14-9-5-3-6-10-14;1-2/h3,5-6,9-10H,4,7-8,11-12H2,1-2H3,(H,20,22)(H,21,23);1-2H3. The Morgan fingerprint density at radius 1 is 1.08 bits per heavy atom. The Labute approximate surface area is 150 Å². The Hall–Kier alpha value is -2.35. The molecule has 0 aliphatic heterocycles. The van der Waals surface area contributed by atoms with Crippen molar-refractivity contribution in [3.05, 3.63) is 35.9 Å². The molecule has 0 spiro atoms. The lowest BCUT2D eigenvalue weighted by molar-refractivity contribution is -0.129. The molecule has 5 heteroatoms. The van der Waals surface area contributed by atoms with Crippen LogP contribution in [-0.2, 0) is 4.79 Å². The number of nitrogens with zero attached hydrogens (tertiary/aromatic N) is 1. The van der Waals surface area contributed by atoms with Crippen LogP contribution in [0.25, 0.3) is 0 Å². The summed E-state index contributed by atoms with van der Waals surface area (Å²) in [6, 6.07) is 10.9. The highest BCUT2D eigenvalue weighted by Gasteiger charge is 2.42. The van der Waals surface area contributed by atoms with Crippen LogP contribution in [0.4, 0.5) is 0 Å². The highest BCUT2D eigenvalue weighted by Crippen LogP contribution is 2.29. The maximum Gasteiger partial charge on any atom is 0.252 e. The second kappa shape index (κ2) is 9.22. The molecule has 1 saturated carbocycles. The predicted octanol–water partition coefficient (Wildman–Crippen LogP) is 3.56. The summed E-state index contributed by atoms with van der Waals surface area (Å²) >= 11 is 0. The van der Waals surface area contributed by atoms with Crippen LogP contribution in [0, 0.1) is 11.3 Å². The summed E-state index contributed by atoms with van der Waals surface area (Å²) in [5, 5.41) is 14.8. The predicted molar refractivity (Wildman–Crippen MR) is 98.9 cm³/mol. The van der Waals surface area contributed by atoms with Crippen molar-refractivity contribution < 1.29 is 9.59 Å². The molecule has 5 nitrogen and oxygen atoms in total. The lowest BCUT2D eigenvalue weighted by Gasteiger charge is -2.38. The fourth-order valence-corrected chi connectivity index (χ4v) is 2.87. The zero-order chi connectivity index (χ0) is 18.9. The van der Waals surface area contributed by atoms with Crippen molar-refractivity contribution in [3.63, 3.8) is 0 Å². The number of carbonyl (C=O) groups excluding carboxylic acids is 2. The summed E-state index contributed by atoms with van der Waals surface area (Å²) in [5.74, 6) is -0.523. The number of hydrogen-bond acceptors (Lipinski definition) is 3. The quantitative estimate of drug-likeness (QED) is 0.877. The van der Waals surface area contributed by atoms with Crippen LogP contribution in [0.3, 0.4) is 0 Å². The molecule has 1 aliphatic rings. The van der Waals surface area contributed by atoms with E-state index in [-0.39, 0.29) is 11.8 Å². The summed E-state index contributed by atoms with van der Waals surface area (Å²) < 4.78 is 0. The molecular weight excluding hydrogens is 314 g/mol. The Morgan fingerprint density at radius 2 is 1.64 bits per heavy atom. The molecule has 0 unspecified atom stereocenters. The van der Waals surface area contributed by atoms with Crippen LogP contribution in [0.15, 0.2) is 30.3 Å². The molecule has 0 bridgehead atoms. The average molecular weight is 343 g/mol. The molecule has 25 heavy (non-hydrogen) atoms. The zero-order valence-corrected chi connectivity index (χ0v) is 15.7. The van der Waals surface area contributed by atoms with E-state index in [9.17, 15) is 9.59 Å². The molecule has 136 valence electrons. The van der Waals surface area contributed by atoms with Crippen molar-refractivity contribution in [1.82, 2.24) is 10.6 Å². The van der Waals surface area contributed by atoms with Gasteiger partial charge >= 0.3 is 0 Å². The molecule has 0 heterocycles.